The summed E-state index contributed by atoms with van der Waals surface area (Å²) in [7, 11) is 0. The molecule has 0 spiro atoms. The van der Waals surface area contributed by atoms with Crippen molar-refractivity contribution in [3.63, 3.8) is 0 Å². The number of aromatic hydroxyl groups is 1. The molecule has 220 valence electrons. The van der Waals surface area contributed by atoms with Crippen molar-refractivity contribution >= 4 is 79.8 Å². The lowest BCUT2D eigenvalue weighted by atomic mass is 9.56. The van der Waals surface area contributed by atoms with Crippen LogP contribution in [0.3, 0.4) is 0 Å². The van der Waals surface area contributed by atoms with E-state index in [0.29, 0.717) is 10.0 Å². The van der Waals surface area contributed by atoms with Crippen molar-refractivity contribution in [1.82, 2.24) is 4.90 Å². The van der Waals surface area contributed by atoms with Gasteiger partial charge in [-0.15, -0.1) is 34.5 Å². The minimum atomic E-state index is -2.12. The quantitative estimate of drug-likeness (QED) is 0.201. The van der Waals surface area contributed by atoms with Gasteiger partial charge in [0, 0.05) is 20.8 Å². The molecule has 43 heavy (non-hydrogen) atoms. The summed E-state index contributed by atoms with van der Waals surface area (Å²) in [4.78, 5) is 54.9. The van der Waals surface area contributed by atoms with Crippen LogP contribution in [0.25, 0.3) is 0 Å². The van der Waals surface area contributed by atoms with Gasteiger partial charge in [0.25, 0.3) is 11.8 Å². The van der Waals surface area contributed by atoms with Crippen LogP contribution in [0.4, 0.5) is 10.1 Å². The van der Waals surface area contributed by atoms with Crippen molar-refractivity contribution in [3.05, 3.63) is 92.4 Å². The molecule has 0 bridgehead atoms. The summed E-state index contributed by atoms with van der Waals surface area (Å²) in [6.45, 7) is 0.140. The first kappa shape index (κ1) is 28.7. The van der Waals surface area contributed by atoms with Crippen molar-refractivity contribution in [2.24, 2.45) is 17.8 Å². The lowest BCUT2D eigenvalue weighted by Gasteiger charge is -2.50. The third-order valence-corrected chi connectivity index (χ3v) is 11.9. The fraction of sp³-hybridized carbons (Fsp3) is 0.290. The number of phenolic OH excluding ortho intramolecular Hbond substituents is 1. The van der Waals surface area contributed by atoms with E-state index in [1.807, 2.05) is 23.6 Å². The fourth-order valence-electron chi connectivity index (χ4n) is 7.28. The molecule has 3 fully saturated rings. The second kappa shape index (κ2) is 9.99. The molecule has 3 heterocycles. The van der Waals surface area contributed by atoms with Crippen molar-refractivity contribution in [2.45, 2.75) is 35.1 Å². The predicted octanol–water partition coefficient (Wildman–Crippen LogP) is 6.12. The fourth-order valence-corrected chi connectivity index (χ4v) is 9.28. The van der Waals surface area contributed by atoms with Gasteiger partial charge in [0.1, 0.15) is 11.6 Å². The maximum atomic E-state index is 14.3. The minimum Gasteiger partial charge on any atom is -0.508 e. The molecule has 2 aromatic carbocycles. The summed E-state index contributed by atoms with van der Waals surface area (Å²) in [5.74, 6) is -6.37. The molecule has 4 amide bonds. The molecule has 3 aromatic rings. The second-order valence-electron chi connectivity index (χ2n) is 11.3. The Hall–Kier alpha value is -3.05. The zero-order valence-corrected chi connectivity index (χ0v) is 26.1. The van der Waals surface area contributed by atoms with Crippen LogP contribution in [-0.4, -0.2) is 43.4 Å². The number of imide groups is 2. The Morgan fingerprint density at radius 3 is 2.44 bits per heavy atom. The number of amides is 4. The number of alkyl halides is 2. The van der Waals surface area contributed by atoms with Crippen LogP contribution in [0.2, 0.25) is 0 Å². The van der Waals surface area contributed by atoms with Gasteiger partial charge >= 0.3 is 0 Å². The first-order valence-corrected chi connectivity index (χ1v) is 16.0. The van der Waals surface area contributed by atoms with E-state index in [0.717, 1.165) is 21.9 Å². The van der Waals surface area contributed by atoms with Gasteiger partial charge in [-0.3, -0.25) is 24.1 Å². The number of rotatable bonds is 4. The second-order valence-corrected chi connectivity index (χ2v) is 14.5. The van der Waals surface area contributed by atoms with Gasteiger partial charge < -0.3 is 5.11 Å². The van der Waals surface area contributed by atoms with Gasteiger partial charge in [0.2, 0.25) is 11.8 Å². The Morgan fingerprint density at radius 2 is 1.74 bits per heavy atom. The number of hydrogen-bond acceptors (Lipinski definition) is 6. The molecule has 2 saturated heterocycles. The van der Waals surface area contributed by atoms with E-state index in [9.17, 15) is 28.7 Å². The van der Waals surface area contributed by atoms with Crippen LogP contribution in [0, 0.1) is 23.6 Å². The van der Waals surface area contributed by atoms with Gasteiger partial charge in [0.15, 0.2) is 9.75 Å². The molecular weight excluding hydrogens is 682 g/mol. The van der Waals surface area contributed by atoms with Crippen LogP contribution >= 0.6 is 50.5 Å². The van der Waals surface area contributed by atoms with E-state index >= 15 is 0 Å². The van der Waals surface area contributed by atoms with Crippen LogP contribution in [0.15, 0.2) is 76.1 Å². The molecule has 7 rings (SSSR count). The van der Waals surface area contributed by atoms with Gasteiger partial charge in [0.05, 0.1) is 24.1 Å². The summed E-state index contributed by atoms with van der Waals surface area (Å²) in [6, 6.07) is 13.2. The molecule has 0 radical (unpaired) electrons. The monoisotopic (exact) mass is 702 g/mol. The number of phenols is 1. The average molecular weight is 704 g/mol. The number of fused-ring (bicyclic) bond motifs is 4. The van der Waals surface area contributed by atoms with Gasteiger partial charge in [-0.05, 0) is 72.7 Å². The number of anilines is 1. The summed E-state index contributed by atoms with van der Waals surface area (Å²) in [6.07, 6.45) is 1.85. The predicted molar refractivity (Wildman–Crippen MR) is 162 cm³/mol. The lowest BCUT2D eigenvalue weighted by Crippen LogP contribution is -2.60. The highest BCUT2D eigenvalue weighted by atomic mass is 79.9. The zero-order chi connectivity index (χ0) is 30.4. The van der Waals surface area contributed by atoms with E-state index in [1.54, 1.807) is 12.1 Å². The Kier molecular flexibility index (Phi) is 6.67. The number of benzene rings is 2. The molecule has 2 aliphatic carbocycles. The SMILES string of the molecule is O=C1[C@H]2[C@H](CC=C3[C@H]2C[C@@]2(Cl)C(=O)N(c4ccc(F)cc4)C(=O)[C@@]2(Cl)[C@H]3c2cc(Br)ccc2O)C(=O)N1Cc1cccs1. The number of carbonyl (C=O) groups excluding carboxylic acids is 4. The average Bonchev–Trinajstić information content (AvgIpc) is 3.62. The number of likely N-dealkylation sites (tertiary alicyclic amines) is 1. The molecule has 7 nitrogen and oxygen atoms in total. The number of allylic oxidation sites excluding steroid dienone is 2. The highest BCUT2D eigenvalue weighted by Crippen LogP contribution is 2.66. The first-order chi connectivity index (χ1) is 20.5. The third-order valence-electron chi connectivity index (χ3n) is 9.18. The molecule has 1 aromatic heterocycles. The summed E-state index contributed by atoms with van der Waals surface area (Å²) in [5.41, 5.74) is 0.910. The van der Waals surface area contributed by atoms with Gasteiger partial charge in [-0.1, -0.05) is 33.6 Å². The molecule has 12 heteroatoms. The number of halogens is 4. The molecule has 2 aliphatic heterocycles. The highest BCUT2D eigenvalue weighted by Gasteiger charge is 2.76. The molecule has 6 atom stereocenters. The van der Waals surface area contributed by atoms with Crippen LogP contribution < -0.4 is 4.90 Å². The van der Waals surface area contributed by atoms with E-state index < -0.39 is 51.1 Å². The molecule has 0 unspecified atom stereocenters. The van der Waals surface area contributed by atoms with Gasteiger partial charge in [-0.25, -0.2) is 9.29 Å². The molecular formula is C31H22BrCl2FN2O5S. The standard InChI is InChI=1S/C31H22BrCl2FN2O5S/c32-15-3-10-23(38)21(12-15)25-19-8-9-20-24(27(40)36(26(20)39)14-18-2-1-11-43-18)22(19)13-30(33)28(41)37(29(42)31(25,30)34)17-6-4-16(35)5-7-17/h1-8,10-12,20,22,24-25,38H,9,13-14H2/t20-,22+,24-,25+,30+,31-/m0/s1. The lowest BCUT2D eigenvalue weighted by molar-refractivity contribution is -0.141. The highest BCUT2D eigenvalue weighted by molar-refractivity contribution is 9.10. The van der Waals surface area contributed by atoms with Crippen molar-refractivity contribution in [1.29, 1.82) is 0 Å². The minimum absolute atomic E-state index is 0.0899. The maximum Gasteiger partial charge on any atom is 0.258 e. The number of nitrogens with zero attached hydrogens (tertiary/aromatic N) is 2. The largest absolute Gasteiger partial charge is 0.508 e. The number of carbonyl (C=O) groups is 4. The molecule has 4 aliphatic rings. The van der Waals surface area contributed by atoms with Crippen molar-refractivity contribution < 1.29 is 28.7 Å². The summed E-state index contributed by atoms with van der Waals surface area (Å²) in [5, 5.41) is 13.0. The summed E-state index contributed by atoms with van der Waals surface area (Å²) < 4.78 is 14.4. The normalized spacial score (nSPS) is 31.7. The first-order valence-electron chi connectivity index (χ1n) is 13.6. The smallest absolute Gasteiger partial charge is 0.258 e. The number of thiophene rings is 1. The van der Waals surface area contributed by atoms with E-state index in [2.05, 4.69) is 15.9 Å². The Balaban J connectivity index is 1.39. The van der Waals surface area contributed by atoms with E-state index in [1.165, 1.54) is 34.4 Å². The van der Waals surface area contributed by atoms with Crippen molar-refractivity contribution in [2.75, 3.05) is 4.90 Å². The number of hydrogen-bond donors (Lipinski definition) is 1. The summed E-state index contributed by atoms with van der Waals surface area (Å²) >= 11 is 19.5. The van der Waals surface area contributed by atoms with Gasteiger partial charge in [-0.2, -0.15) is 0 Å². The van der Waals surface area contributed by atoms with E-state index in [4.69, 9.17) is 23.2 Å². The Labute approximate surface area is 268 Å². The van der Waals surface area contributed by atoms with Crippen LogP contribution in [0.5, 0.6) is 5.75 Å². The molecule has 1 N–H and O–H groups in total. The topological polar surface area (TPSA) is 95.0 Å². The Morgan fingerprint density at radius 1 is 1.00 bits per heavy atom. The maximum absolute atomic E-state index is 14.3. The molecule has 1 saturated carbocycles. The van der Waals surface area contributed by atoms with E-state index in [-0.39, 0.29) is 48.2 Å². The van der Waals surface area contributed by atoms with Crippen LogP contribution in [0.1, 0.15) is 29.2 Å². The van der Waals surface area contributed by atoms with Crippen LogP contribution in [-0.2, 0) is 25.7 Å². The Bertz CT molecular complexity index is 1750. The van der Waals surface area contributed by atoms with Crippen molar-refractivity contribution in [3.8, 4) is 5.75 Å². The zero-order valence-electron chi connectivity index (χ0n) is 22.2. The third kappa shape index (κ3) is 3.96.